The molecule has 0 radical (unpaired) electrons. The van der Waals surface area contributed by atoms with E-state index in [4.69, 9.17) is 4.42 Å². The van der Waals surface area contributed by atoms with Crippen LogP contribution < -0.4 is 5.32 Å². The summed E-state index contributed by atoms with van der Waals surface area (Å²) >= 11 is 0. The lowest BCUT2D eigenvalue weighted by molar-refractivity contribution is 0.543. The molecule has 0 aliphatic heterocycles. The van der Waals surface area contributed by atoms with Crippen LogP contribution in [0, 0.1) is 6.92 Å². The molecule has 2 rings (SSSR count). The summed E-state index contributed by atoms with van der Waals surface area (Å²) in [6.45, 7) is 4.41. The van der Waals surface area contributed by atoms with Crippen LogP contribution in [0.2, 0.25) is 0 Å². The second-order valence-corrected chi connectivity index (χ2v) is 7.19. The third-order valence-corrected chi connectivity index (χ3v) is 4.19. The molecule has 1 aromatic carbocycles. The minimum absolute atomic E-state index is 0.0805. The van der Waals surface area contributed by atoms with E-state index < -0.39 is 9.84 Å². The van der Waals surface area contributed by atoms with Crippen LogP contribution in [0.25, 0.3) is 11.0 Å². The number of fused-ring (bicyclic) bond motifs is 1. The van der Waals surface area contributed by atoms with Crippen molar-refractivity contribution in [1.29, 1.82) is 0 Å². The van der Waals surface area contributed by atoms with Crippen molar-refractivity contribution in [3.63, 3.8) is 0 Å². The number of hydrogen-bond acceptors (Lipinski definition) is 4. The minimum atomic E-state index is -2.95. The molecular formula is C14H19NO3S. The maximum Gasteiger partial charge on any atom is 0.148 e. The molecule has 0 fully saturated rings. The van der Waals surface area contributed by atoms with E-state index >= 15 is 0 Å². The van der Waals surface area contributed by atoms with Gasteiger partial charge < -0.3 is 9.73 Å². The Hall–Kier alpha value is -1.33. The number of rotatable bonds is 5. The van der Waals surface area contributed by atoms with E-state index in [1.54, 1.807) is 0 Å². The van der Waals surface area contributed by atoms with Crippen molar-refractivity contribution in [2.45, 2.75) is 26.4 Å². The molecule has 4 nitrogen and oxygen atoms in total. The summed E-state index contributed by atoms with van der Waals surface area (Å²) in [6.07, 6.45) is 1.25. The molecule has 5 heteroatoms. The van der Waals surface area contributed by atoms with Crippen molar-refractivity contribution in [2.24, 2.45) is 0 Å². The molecule has 0 amide bonds. The number of benzene rings is 1. The lowest BCUT2D eigenvalue weighted by atomic mass is 10.1. The van der Waals surface area contributed by atoms with Gasteiger partial charge in [0.1, 0.15) is 21.2 Å². The zero-order chi connectivity index (χ0) is 14.0. The van der Waals surface area contributed by atoms with E-state index in [0.717, 1.165) is 22.3 Å². The van der Waals surface area contributed by atoms with Crippen LogP contribution in [0.3, 0.4) is 0 Å². The molecule has 0 aliphatic rings. The summed E-state index contributed by atoms with van der Waals surface area (Å²) in [5, 5.41) is 4.32. The van der Waals surface area contributed by atoms with Gasteiger partial charge in [-0.3, -0.25) is 0 Å². The lowest BCUT2D eigenvalue weighted by Crippen LogP contribution is -2.32. The summed E-state index contributed by atoms with van der Waals surface area (Å²) < 4.78 is 28.1. The third-order valence-electron chi connectivity index (χ3n) is 3.08. The molecule has 0 saturated heterocycles. The third kappa shape index (κ3) is 3.58. The predicted octanol–water partition coefficient (Wildman–Crippen LogP) is 2.26. The predicted molar refractivity (Wildman–Crippen MR) is 77.0 cm³/mol. The van der Waals surface area contributed by atoms with Crippen LogP contribution in [-0.4, -0.2) is 26.5 Å². The van der Waals surface area contributed by atoms with Gasteiger partial charge in [-0.05, 0) is 19.9 Å². The number of sulfone groups is 1. The van der Waals surface area contributed by atoms with Crippen LogP contribution in [-0.2, 0) is 16.4 Å². The van der Waals surface area contributed by atoms with Crippen molar-refractivity contribution in [3.05, 3.63) is 35.6 Å². The first kappa shape index (κ1) is 14.1. The molecule has 1 N–H and O–H groups in total. The fourth-order valence-corrected chi connectivity index (χ4v) is 3.26. The zero-order valence-electron chi connectivity index (χ0n) is 11.4. The molecule has 19 heavy (non-hydrogen) atoms. The van der Waals surface area contributed by atoms with Gasteiger partial charge in [0.05, 0.1) is 5.75 Å². The van der Waals surface area contributed by atoms with E-state index in [1.165, 1.54) is 6.26 Å². The van der Waals surface area contributed by atoms with Crippen molar-refractivity contribution < 1.29 is 12.8 Å². The Morgan fingerprint density at radius 1 is 1.32 bits per heavy atom. The Labute approximate surface area is 113 Å². The van der Waals surface area contributed by atoms with E-state index in [9.17, 15) is 8.42 Å². The SMILES string of the molecule is Cc1oc2ccccc2c1CNC(C)CS(C)(=O)=O. The Balaban J connectivity index is 2.12. The number of aryl methyl sites for hydroxylation is 1. The molecular weight excluding hydrogens is 262 g/mol. The average molecular weight is 281 g/mol. The van der Waals surface area contributed by atoms with E-state index in [2.05, 4.69) is 5.32 Å². The molecule has 1 atom stereocenters. The van der Waals surface area contributed by atoms with Crippen LogP contribution >= 0.6 is 0 Å². The van der Waals surface area contributed by atoms with E-state index in [0.29, 0.717) is 6.54 Å². The maximum absolute atomic E-state index is 11.2. The fourth-order valence-electron chi connectivity index (χ4n) is 2.23. The first-order valence-electron chi connectivity index (χ1n) is 6.25. The van der Waals surface area contributed by atoms with Crippen molar-refractivity contribution >= 4 is 20.8 Å². The smallest absolute Gasteiger partial charge is 0.148 e. The fraction of sp³-hybridized carbons (Fsp3) is 0.429. The van der Waals surface area contributed by atoms with Gasteiger partial charge in [-0.25, -0.2) is 8.42 Å². The van der Waals surface area contributed by atoms with Gasteiger partial charge in [0, 0.05) is 29.8 Å². The van der Waals surface area contributed by atoms with Crippen LogP contribution in [0.1, 0.15) is 18.2 Å². The Morgan fingerprint density at radius 3 is 2.68 bits per heavy atom. The Morgan fingerprint density at radius 2 is 2.00 bits per heavy atom. The Kier molecular flexibility index (Phi) is 3.96. The number of nitrogens with one attached hydrogen (secondary N) is 1. The summed E-state index contributed by atoms with van der Waals surface area (Å²) in [6, 6.07) is 7.79. The molecule has 1 heterocycles. The maximum atomic E-state index is 11.2. The van der Waals surface area contributed by atoms with Gasteiger partial charge in [-0.1, -0.05) is 18.2 Å². The number of para-hydroxylation sites is 1. The number of hydrogen-bond donors (Lipinski definition) is 1. The molecule has 1 aromatic heterocycles. The van der Waals surface area contributed by atoms with Crippen LogP contribution in [0.15, 0.2) is 28.7 Å². The minimum Gasteiger partial charge on any atom is -0.461 e. The summed E-state index contributed by atoms with van der Waals surface area (Å²) in [5.41, 5.74) is 1.96. The quantitative estimate of drug-likeness (QED) is 0.913. The van der Waals surface area contributed by atoms with Gasteiger partial charge in [-0.2, -0.15) is 0 Å². The summed E-state index contributed by atoms with van der Waals surface area (Å²) in [4.78, 5) is 0. The highest BCUT2D eigenvalue weighted by atomic mass is 32.2. The lowest BCUT2D eigenvalue weighted by Gasteiger charge is -2.12. The topological polar surface area (TPSA) is 59.3 Å². The van der Waals surface area contributed by atoms with Crippen molar-refractivity contribution in [1.82, 2.24) is 5.32 Å². The van der Waals surface area contributed by atoms with Gasteiger partial charge in [0.15, 0.2) is 0 Å². The molecule has 104 valence electrons. The highest BCUT2D eigenvalue weighted by Crippen LogP contribution is 2.24. The van der Waals surface area contributed by atoms with Crippen LogP contribution in [0.4, 0.5) is 0 Å². The molecule has 0 bridgehead atoms. The van der Waals surface area contributed by atoms with Gasteiger partial charge in [0.2, 0.25) is 0 Å². The standard InChI is InChI=1S/C14H19NO3S/c1-10(9-19(3,16)17)15-8-13-11(2)18-14-7-5-4-6-12(13)14/h4-7,10,15H,8-9H2,1-3H3. The molecule has 0 aliphatic carbocycles. The monoisotopic (exact) mass is 281 g/mol. The first-order chi connectivity index (χ1) is 8.87. The normalized spacial score (nSPS) is 13.8. The second-order valence-electron chi connectivity index (χ2n) is 5.01. The van der Waals surface area contributed by atoms with E-state index in [1.807, 2.05) is 38.1 Å². The number of furan rings is 1. The molecule has 0 spiro atoms. The largest absolute Gasteiger partial charge is 0.461 e. The molecule has 0 saturated carbocycles. The molecule has 1 unspecified atom stereocenters. The van der Waals surface area contributed by atoms with Crippen molar-refractivity contribution in [3.8, 4) is 0 Å². The van der Waals surface area contributed by atoms with Crippen molar-refractivity contribution in [2.75, 3.05) is 12.0 Å². The highest BCUT2D eigenvalue weighted by molar-refractivity contribution is 7.90. The summed E-state index contributed by atoms with van der Waals surface area (Å²) in [5.74, 6) is 1.02. The van der Waals surface area contributed by atoms with Crippen LogP contribution in [0.5, 0.6) is 0 Å². The van der Waals surface area contributed by atoms with Gasteiger partial charge >= 0.3 is 0 Å². The highest BCUT2D eigenvalue weighted by Gasteiger charge is 2.13. The van der Waals surface area contributed by atoms with Gasteiger partial charge in [-0.15, -0.1) is 0 Å². The zero-order valence-corrected chi connectivity index (χ0v) is 12.3. The second kappa shape index (κ2) is 5.35. The van der Waals surface area contributed by atoms with Gasteiger partial charge in [0.25, 0.3) is 0 Å². The Bertz CT molecular complexity index is 673. The average Bonchev–Trinajstić information content (AvgIpc) is 2.60. The first-order valence-corrected chi connectivity index (χ1v) is 8.31. The van der Waals surface area contributed by atoms with E-state index in [-0.39, 0.29) is 11.8 Å². The summed E-state index contributed by atoms with van der Waals surface area (Å²) in [7, 11) is -2.95. The molecule has 2 aromatic rings.